The molecule has 1 atom stereocenters. The number of anilines is 1. The van der Waals surface area contributed by atoms with E-state index < -0.39 is 5.25 Å². The number of halogens is 2. The van der Waals surface area contributed by atoms with Crippen molar-refractivity contribution in [1.82, 2.24) is 4.90 Å². The van der Waals surface area contributed by atoms with Gasteiger partial charge < -0.3 is 5.32 Å². The van der Waals surface area contributed by atoms with Crippen LogP contribution in [0.1, 0.15) is 6.42 Å². The summed E-state index contributed by atoms with van der Waals surface area (Å²) < 4.78 is 0. The highest BCUT2D eigenvalue weighted by molar-refractivity contribution is 8.15. The quantitative estimate of drug-likeness (QED) is 0.641. The molecule has 1 heterocycles. The van der Waals surface area contributed by atoms with E-state index in [0.29, 0.717) is 27.4 Å². The summed E-state index contributed by atoms with van der Waals surface area (Å²) in [6, 6.07) is 14.2. The molecule has 1 aliphatic heterocycles. The molecule has 2 aromatic rings. The highest BCUT2D eigenvalue weighted by atomic mass is 35.5. The second-order valence-electron chi connectivity index (χ2n) is 5.96. The number of carbonyl (C=O) groups is 2. The number of amides is 2. The molecule has 2 aromatic carbocycles. The lowest BCUT2D eigenvalue weighted by molar-refractivity contribution is -0.127. The molecule has 0 radical (unpaired) electrons. The number of hydrogen-bond donors (Lipinski definition) is 1. The van der Waals surface area contributed by atoms with Crippen LogP contribution in [0.25, 0.3) is 0 Å². The third-order valence-corrected chi connectivity index (χ3v) is 5.80. The van der Waals surface area contributed by atoms with E-state index in [1.54, 1.807) is 29.2 Å². The van der Waals surface area contributed by atoms with Gasteiger partial charge in [0.1, 0.15) is 5.25 Å². The Morgan fingerprint density at radius 1 is 1.21 bits per heavy atom. The summed E-state index contributed by atoms with van der Waals surface area (Å²) in [5, 5.41) is 3.50. The molecule has 1 aliphatic rings. The third-order valence-electron chi connectivity index (χ3n) is 3.89. The molecule has 8 heteroatoms. The smallest absolute Gasteiger partial charge is 0.242 e. The van der Waals surface area contributed by atoms with Crippen LogP contribution in [-0.4, -0.2) is 33.7 Å². The molecular formula is C20H17Cl2N3O2S. The lowest BCUT2D eigenvalue weighted by atomic mass is 10.2. The molecule has 2 amide bonds. The van der Waals surface area contributed by atoms with Gasteiger partial charge in [-0.25, -0.2) is 4.99 Å². The highest BCUT2D eigenvalue weighted by Gasteiger charge is 2.38. The molecular weight excluding hydrogens is 417 g/mol. The van der Waals surface area contributed by atoms with E-state index in [9.17, 15) is 9.59 Å². The second-order valence-corrected chi connectivity index (χ2v) is 7.94. The Bertz CT molecular complexity index is 934. The fourth-order valence-electron chi connectivity index (χ4n) is 2.59. The van der Waals surface area contributed by atoms with E-state index in [2.05, 4.69) is 16.9 Å². The van der Waals surface area contributed by atoms with Crippen LogP contribution in [-0.2, 0) is 9.59 Å². The zero-order valence-electron chi connectivity index (χ0n) is 14.8. The van der Waals surface area contributed by atoms with E-state index in [0.717, 1.165) is 5.69 Å². The Morgan fingerprint density at radius 3 is 2.64 bits per heavy atom. The van der Waals surface area contributed by atoms with Crippen LogP contribution in [0.15, 0.2) is 66.2 Å². The van der Waals surface area contributed by atoms with Crippen LogP contribution in [0.4, 0.5) is 11.4 Å². The zero-order chi connectivity index (χ0) is 20.1. The predicted octanol–water partition coefficient (Wildman–Crippen LogP) is 5.14. The third kappa shape index (κ3) is 4.95. The van der Waals surface area contributed by atoms with Gasteiger partial charge in [-0.15, -0.1) is 6.58 Å². The number of carbonyl (C=O) groups excluding carboxylic acids is 2. The maximum atomic E-state index is 12.7. The van der Waals surface area contributed by atoms with E-state index in [4.69, 9.17) is 23.2 Å². The summed E-state index contributed by atoms with van der Waals surface area (Å²) in [7, 11) is 0. The number of amidine groups is 1. The zero-order valence-corrected chi connectivity index (χ0v) is 17.1. The minimum atomic E-state index is -0.551. The number of benzene rings is 2. The number of nitrogens with zero attached hydrogens (tertiary/aromatic N) is 2. The Kier molecular flexibility index (Phi) is 6.78. The van der Waals surface area contributed by atoms with Crippen molar-refractivity contribution in [2.75, 3.05) is 11.9 Å². The molecule has 1 saturated heterocycles. The summed E-state index contributed by atoms with van der Waals surface area (Å²) in [4.78, 5) is 31.2. The average Bonchev–Trinajstić information content (AvgIpc) is 2.94. The Balaban J connectivity index is 1.72. The Morgan fingerprint density at radius 2 is 1.96 bits per heavy atom. The predicted molar refractivity (Wildman–Crippen MR) is 117 cm³/mol. The molecule has 1 N–H and O–H groups in total. The van der Waals surface area contributed by atoms with Crippen LogP contribution in [0.3, 0.4) is 0 Å². The number of aliphatic imine (C=N–C) groups is 1. The molecule has 0 spiro atoms. The minimum absolute atomic E-state index is 0.0190. The fourth-order valence-corrected chi connectivity index (χ4v) is 4.05. The minimum Gasteiger partial charge on any atom is -0.326 e. The maximum absolute atomic E-state index is 12.7. The molecule has 0 bridgehead atoms. The first-order chi connectivity index (χ1) is 13.5. The van der Waals surface area contributed by atoms with Gasteiger partial charge in [0.2, 0.25) is 11.8 Å². The molecule has 1 fully saturated rings. The molecule has 144 valence electrons. The van der Waals surface area contributed by atoms with Crippen molar-refractivity contribution in [3.8, 4) is 0 Å². The fraction of sp³-hybridized carbons (Fsp3) is 0.150. The summed E-state index contributed by atoms with van der Waals surface area (Å²) in [5.74, 6) is -0.451. The van der Waals surface area contributed by atoms with Gasteiger partial charge in [0.15, 0.2) is 5.17 Å². The summed E-state index contributed by atoms with van der Waals surface area (Å²) in [6.07, 6.45) is 1.66. The molecule has 0 aliphatic carbocycles. The molecule has 5 nitrogen and oxygen atoms in total. The van der Waals surface area contributed by atoms with E-state index in [-0.39, 0.29) is 18.2 Å². The van der Waals surface area contributed by atoms with Gasteiger partial charge in [0, 0.05) is 18.7 Å². The Hall–Kier alpha value is -2.28. The van der Waals surface area contributed by atoms with E-state index in [1.807, 2.05) is 30.3 Å². The molecule has 1 unspecified atom stereocenters. The standard InChI is InChI=1S/C20H17Cl2N3O2S/c1-2-10-25-19(27)17(28-20(25)24-13-6-4-3-5-7-13)12-18(26)23-14-8-9-15(21)16(22)11-14/h2-9,11,17H,1,10,12H2,(H,23,26). The topological polar surface area (TPSA) is 61.8 Å². The monoisotopic (exact) mass is 433 g/mol. The first-order valence-corrected chi connectivity index (χ1v) is 10.1. The van der Waals surface area contributed by atoms with Crippen molar-refractivity contribution >= 4 is 63.3 Å². The van der Waals surface area contributed by atoms with Crippen molar-refractivity contribution < 1.29 is 9.59 Å². The van der Waals surface area contributed by atoms with Crippen LogP contribution < -0.4 is 5.32 Å². The Labute approximate surface area is 177 Å². The van der Waals surface area contributed by atoms with Gasteiger partial charge in [-0.1, -0.05) is 59.2 Å². The highest BCUT2D eigenvalue weighted by Crippen LogP contribution is 2.32. The van der Waals surface area contributed by atoms with Gasteiger partial charge >= 0.3 is 0 Å². The number of hydrogen-bond acceptors (Lipinski definition) is 4. The van der Waals surface area contributed by atoms with Crippen molar-refractivity contribution in [2.24, 2.45) is 4.99 Å². The average molecular weight is 434 g/mol. The first-order valence-electron chi connectivity index (χ1n) is 8.45. The molecule has 28 heavy (non-hydrogen) atoms. The van der Waals surface area contributed by atoms with Crippen molar-refractivity contribution in [1.29, 1.82) is 0 Å². The second kappa shape index (κ2) is 9.28. The lowest BCUT2D eigenvalue weighted by Crippen LogP contribution is -2.33. The number of para-hydroxylation sites is 1. The van der Waals surface area contributed by atoms with Gasteiger partial charge in [0.05, 0.1) is 15.7 Å². The summed E-state index contributed by atoms with van der Waals surface area (Å²) in [5.41, 5.74) is 1.27. The summed E-state index contributed by atoms with van der Waals surface area (Å²) in [6.45, 7) is 4.03. The number of thioether (sulfide) groups is 1. The molecule has 0 aromatic heterocycles. The van der Waals surface area contributed by atoms with E-state index in [1.165, 1.54) is 11.8 Å². The lowest BCUT2D eigenvalue weighted by Gasteiger charge is -2.13. The van der Waals surface area contributed by atoms with Gasteiger partial charge in [0.25, 0.3) is 0 Å². The van der Waals surface area contributed by atoms with E-state index >= 15 is 0 Å². The van der Waals surface area contributed by atoms with Gasteiger partial charge in [-0.05, 0) is 30.3 Å². The van der Waals surface area contributed by atoms with Gasteiger partial charge in [-0.3, -0.25) is 14.5 Å². The van der Waals surface area contributed by atoms with Gasteiger partial charge in [-0.2, -0.15) is 0 Å². The van der Waals surface area contributed by atoms with Crippen molar-refractivity contribution in [2.45, 2.75) is 11.7 Å². The first kappa shape index (κ1) is 20.5. The number of rotatable bonds is 6. The van der Waals surface area contributed by atoms with Crippen LogP contribution in [0, 0.1) is 0 Å². The largest absolute Gasteiger partial charge is 0.326 e. The SMILES string of the molecule is C=CCN1C(=O)C(CC(=O)Nc2ccc(Cl)c(Cl)c2)SC1=Nc1ccccc1. The molecule has 3 rings (SSSR count). The molecule has 0 saturated carbocycles. The maximum Gasteiger partial charge on any atom is 0.242 e. The number of nitrogens with one attached hydrogen (secondary N) is 1. The van der Waals surface area contributed by atoms with Crippen molar-refractivity contribution in [3.05, 3.63) is 71.2 Å². The van der Waals surface area contributed by atoms with Crippen LogP contribution in [0.5, 0.6) is 0 Å². The van der Waals surface area contributed by atoms with Crippen molar-refractivity contribution in [3.63, 3.8) is 0 Å². The summed E-state index contributed by atoms with van der Waals surface area (Å²) >= 11 is 13.1. The van der Waals surface area contributed by atoms with Crippen LogP contribution >= 0.6 is 35.0 Å². The van der Waals surface area contributed by atoms with Crippen LogP contribution in [0.2, 0.25) is 10.0 Å². The normalized spacial score (nSPS) is 17.8.